The zero-order chi connectivity index (χ0) is 22.4. The first kappa shape index (κ1) is 19.9. The van der Waals surface area contributed by atoms with Crippen molar-refractivity contribution in [3.63, 3.8) is 0 Å². The van der Waals surface area contributed by atoms with Crippen molar-refractivity contribution in [2.75, 3.05) is 19.6 Å². The molecule has 0 aliphatic carbocycles. The largest absolute Gasteiger partial charge is 0.436 e. The van der Waals surface area contributed by atoms with Crippen LogP contribution in [0.3, 0.4) is 0 Å². The van der Waals surface area contributed by atoms with E-state index in [4.69, 9.17) is 4.42 Å². The molecule has 0 atom stereocenters. The van der Waals surface area contributed by atoms with E-state index >= 15 is 0 Å². The lowest BCUT2D eigenvalue weighted by Crippen LogP contribution is -2.24. The van der Waals surface area contributed by atoms with Gasteiger partial charge < -0.3 is 9.32 Å². The van der Waals surface area contributed by atoms with Gasteiger partial charge in [-0.3, -0.25) is 14.0 Å². The number of hydrogen-bond donors (Lipinski definition) is 0. The van der Waals surface area contributed by atoms with Crippen molar-refractivity contribution in [2.45, 2.75) is 26.3 Å². The maximum Gasteiger partial charge on any atom is 0.255 e. The Kier molecular flexibility index (Phi) is 4.84. The molecular formula is C26H25N5O2. The van der Waals surface area contributed by atoms with Crippen LogP contribution in [0.2, 0.25) is 0 Å². The van der Waals surface area contributed by atoms with Gasteiger partial charge in [-0.15, -0.1) is 0 Å². The molecule has 7 nitrogen and oxygen atoms in total. The Labute approximate surface area is 190 Å². The molecule has 0 unspecified atom stereocenters. The fourth-order valence-corrected chi connectivity index (χ4v) is 4.63. The van der Waals surface area contributed by atoms with Crippen LogP contribution in [-0.4, -0.2) is 43.9 Å². The molecule has 0 bridgehead atoms. The summed E-state index contributed by atoms with van der Waals surface area (Å²) in [5.74, 6) is 0.453. The summed E-state index contributed by atoms with van der Waals surface area (Å²) < 4.78 is 9.55. The number of rotatable bonds is 5. The Morgan fingerprint density at radius 3 is 2.73 bits per heavy atom. The molecule has 4 heterocycles. The van der Waals surface area contributed by atoms with Gasteiger partial charge in [0, 0.05) is 35.4 Å². The van der Waals surface area contributed by atoms with Crippen molar-refractivity contribution in [3.05, 3.63) is 76.8 Å². The zero-order valence-electron chi connectivity index (χ0n) is 18.6. The molecule has 1 aliphatic rings. The molecule has 7 heteroatoms. The molecule has 0 radical (unpaired) electrons. The van der Waals surface area contributed by atoms with Gasteiger partial charge in [0.2, 0.25) is 5.89 Å². The van der Waals surface area contributed by atoms with Gasteiger partial charge in [-0.25, -0.2) is 4.98 Å². The van der Waals surface area contributed by atoms with E-state index in [0.29, 0.717) is 17.0 Å². The van der Waals surface area contributed by atoms with Gasteiger partial charge >= 0.3 is 0 Å². The van der Waals surface area contributed by atoms with Crippen LogP contribution in [-0.2, 0) is 6.54 Å². The third-order valence-corrected chi connectivity index (χ3v) is 6.44. The Morgan fingerprint density at radius 2 is 1.88 bits per heavy atom. The van der Waals surface area contributed by atoms with E-state index < -0.39 is 0 Å². The lowest BCUT2D eigenvalue weighted by atomic mass is 10.2. The average molecular weight is 440 g/mol. The van der Waals surface area contributed by atoms with Crippen LogP contribution in [0.25, 0.3) is 39.1 Å². The quantitative estimate of drug-likeness (QED) is 0.406. The molecule has 166 valence electrons. The summed E-state index contributed by atoms with van der Waals surface area (Å²) >= 11 is 0. The molecule has 0 spiro atoms. The fourth-order valence-electron chi connectivity index (χ4n) is 4.63. The fraction of sp³-hybridized carbons (Fsp3) is 0.269. The molecular weight excluding hydrogens is 414 g/mol. The third-order valence-electron chi connectivity index (χ3n) is 6.44. The number of oxazole rings is 1. The van der Waals surface area contributed by atoms with Crippen LogP contribution < -0.4 is 5.56 Å². The minimum absolute atomic E-state index is 0.133. The molecule has 0 N–H and O–H groups in total. The molecule has 2 aromatic carbocycles. The van der Waals surface area contributed by atoms with E-state index in [2.05, 4.69) is 19.7 Å². The van der Waals surface area contributed by atoms with Crippen molar-refractivity contribution in [1.29, 1.82) is 0 Å². The van der Waals surface area contributed by atoms with E-state index in [1.807, 2.05) is 55.6 Å². The van der Waals surface area contributed by atoms with Crippen LogP contribution in [0.4, 0.5) is 0 Å². The van der Waals surface area contributed by atoms with Crippen LogP contribution in [0.5, 0.6) is 0 Å². The van der Waals surface area contributed by atoms with Gasteiger partial charge in [-0.05, 0) is 74.8 Å². The summed E-state index contributed by atoms with van der Waals surface area (Å²) in [6.45, 7) is 6.29. The van der Waals surface area contributed by atoms with Crippen LogP contribution in [0.1, 0.15) is 18.4 Å². The molecule has 1 fully saturated rings. The molecule has 0 amide bonds. The SMILES string of the molecule is Cc1ccc2oc(-c3ccn(-c4ccc5c(cnn5CCN5CCCC5)c4)c(=O)c3)nc2c1. The molecule has 33 heavy (non-hydrogen) atoms. The molecule has 0 saturated carbocycles. The average Bonchev–Trinajstić information content (AvgIpc) is 3.56. The Bertz CT molecular complexity index is 1520. The minimum Gasteiger partial charge on any atom is -0.436 e. The summed E-state index contributed by atoms with van der Waals surface area (Å²) in [6.07, 6.45) is 6.24. The Hall–Kier alpha value is -3.71. The number of aryl methyl sites for hydroxylation is 1. The summed E-state index contributed by atoms with van der Waals surface area (Å²) in [4.78, 5) is 20.0. The molecule has 5 aromatic rings. The minimum atomic E-state index is -0.133. The number of pyridine rings is 1. The van der Waals surface area contributed by atoms with E-state index in [1.165, 1.54) is 25.9 Å². The highest BCUT2D eigenvalue weighted by atomic mass is 16.3. The first-order chi connectivity index (χ1) is 16.1. The van der Waals surface area contributed by atoms with Gasteiger partial charge in [-0.1, -0.05) is 6.07 Å². The van der Waals surface area contributed by atoms with E-state index in [1.54, 1.807) is 16.8 Å². The second kappa shape index (κ2) is 8.01. The monoisotopic (exact) mass is 439 g/mol. The summed E-state index contributed by atoms with van der Waals surface area (Å²) in [7, 11) is 0. The molecule has 1 saturated heterocycles. The number of likely N-dealkylation sites (tertiary alicyclic amines) is 1. The second-order valence-electron chi connectivity index (χ2n) is 8.77. The second-order valence-corrected chi connectivity index (χ2v) is 8.77. The Balaban J connectivity index is 1.28. The van der Waals surface area contributed by atoms with Gasteiger partial charge in [0.15, 0.2) is 5.58 Å². The van der Waals surface area contributed by atoms with Crippen molar-refractivity contribution in [2.24, 2.45) is 0 Å². The first-order valence-corrected chi connectivity index (χ1v) is 11.4. The molecule has 3 aromatic heterocycles. The third kappa shape index (κ3) is 3.74. The number of aromatic nitrogens is 4. The highest BCUT2D eigenvalue weighted by molar-refractivity contribution is 5.81. The predicted molar refractivity (Wildman–Crippen MR) is 129 cm³/mol. The van der Waals surface area contributed by atoms with Crippen molar-refractivity contribution in [3.8, 4) is 17.1 Å². The first-order valence-electron chi connectivity index (χ1n) is 11.4. The van der Waals surface area contributed by atoms with Gasteiger partial charge in [0.05, 0.1) is 18.3 Å². The summed E-state index contributed by atoms with van der Waals surface area (Å²) in [5.41, 5.74) is 5.06. The molecule has 1 aliphatic heterocycles. The summed E-state index contributed by atoms with van der Waals surface area (Å²) in [5, 5.41) is 5.60. The van der Waals surface area contributed by atoms with Crippen LogP contribution in [0, 0.1) is 6.92 Å². The van der Waals surface area contributed by atoms with E-state index in [0.717, 1.165) is 40.8 Å². The number of nitrogens with zero attached hydrogens (tertiary/aromatic N) is 5. The van der Waals surface area contributed by atoms with Crippen LogP contribution in [0.15, 0.2) is 70.1 Å². The van der Waals surface area contributed by atoms with E-state index in [-0.39, 0.29) is 5.56 Å². The smallest absolute Gasteiger partial charge is 0.255 e. The summed E-state index contributed by atoms with van der Waals surface area (Å²) in [6, 6.07) is 15.3. The number of benzene rings is 2. The zero-order valence-corrected chi connectivity index (χ0v) is 18.6. The maximum atomic E-state index is 12.9. The van der Waals surface area contributed by atoms with Gasteiger partial charge in [-0.2, -0.15) is 5.10 Å². The van der Waals surface area contributed by atoms with E-state index in [9.17, 15) is 4.79 Å². The lowest BCUT2D eigenvalue weighted by Gasteiger charge is -2.14. The Morgan fingerprint density at radius 1 is 1.00 bits per heavy atom. The maximum absolute atomic E-state index is 12.9. The number of hydrogen-bond acceptors (Lipinski definition) is 5. The normalized spacial score (nSPS) is 14.6. The lowest BCUT2D eigenvalue weighted by molar-refractivity contribution is 0.318. The highest BCUT2D eigenvalue weighted by Gasteiger charge is 2.13. The topological polar surface area (TPSA) is 69.1 Å². The van der Waals surface area contributed by atoms with Crippen molar-refractivity contribution >= 4 is 22.0 Å². The van der Waals surface area contributed by atoms with Crippen molar-refractivity contribution < 1.29 is 4.42 Å². The standard InChI is InChI=1S/C26H25N5O2/c1-18-4-7-24-22(14-18)28-26(33-24)19-8-11-30(25(32)16-19)21-5-6-23-20(15-21)17-27-31(23)13-12-29-9-2-3-10-29/h4-8,11,14-17H,2-3,9-10,12-13H2,1H3. The molecule has 6 rings (SSSR count). The number of fused-ring (bicyclic) bond motifs is 2. The van der Waals surface area contributed by atoms with Gasteiger partial charge in [0.25, 0.3) is 5.56 Å². The highest BCUT2D eigenvalue weighted by Crippen LogP contribution is 2.25. The van der Waals surface area contributed by atoms with Gasteiger partial charge in [0.1, 0.15) is 5.52 Å². The van der Waals surface area contributed by atoms with Crippen LogP contribution >= 0.6 is 0 Å². The van der Waals surface area contributed by atoms with Crippen molar-refractivity contribution in [1.82, 2.24) is 24.2 Å². The predicted octanol–water partition coefficient (Wildman–Crippen LogP) is 4.40.